The van der Waals surface area contributed by atoms with Crippen LogP contribution in [0.1, 0.15) is 25.8 Å². The molecular formula is C27H37N3O7S. The van der Waals surface area contributed by atoms with Crippen molar-refractivity contribution < 1.29 is 36.8 Å². The van der Waals surface area contributed by atoms with E-state index in [0.717, 1.165) is 5.56 Å². The van der Waals surface area contributed by atoms with Crippen LogP contribution in [0.3, 0.4) is 0 Å². The first-order valence-corrected chi connectivity index (χ1v) is 14.2. The summed E-state index contributed by atoms with van der Waals surface area (Å²) in [6.07, 6.45) is -2.44. The van der Waals surface area contributed by atoms with Gasteiger partial charge in [0.1, 0.15) is 6.10 Å². The van der Waals surface area contributed by atoms with Crippen molar-refractivity contribution in [2.45, 2.75) is 56.1 Å². The lowest BCUT2D eigenvalue weighted by atomic mass is 10.0. The van der Waals surface area contributed by atoms with Crippen LogP contribution in [0.15, 0.2) is 59.5 Å². The quantitative estimate of drug-likeness (QED) is 0.322. The Balaban J connectivity index is 1.59. The summed E-state index contributed by atoms with van der Waals surface area (Å²) < 4.78 is 76.8. The fourth-order valence-electron chi connectivity index (χ4n) is 4.73. The molecule has 0 saturated carbocycles. The van der Waals surface area contributed by atoms with E-state index in [0.29, 0.717) is 24.1 Å². The van der Waals surface area contributed by atoms with E-state index in [4.69, 9.17) is 25.0 Å². The molecule has 2 fully saturated rings. The monoisotopic (exact) mass is 551 g/mol. The molecule has 5 atom stereocenters. The summed E-state index contributed by atoms with van der Waals surface area (Å²) in [7, 11) is -4.12. The highest BCUT2D eigenvalue weighted by Gasteiger charge is 2.44. The van der Waals surface area contributed by atoms with Gasteiger partial charge < -0.3 is 30.3 Å². The van der Waals surface area contributed by atoms with Crippen molar-refractivity contribution in [1.29, 1.82) is 1.43 Å². The number of nitrogens with one attached hydrogen (secondary N) is 1. The summed E-state index contributed by atoms with van der Waals surface area (Å²) in [6.45, 7) is 4.09. The van der Waals surface area contributed by atoms with Crippen LogP contribution in [0.2, 0.25) is 4.24 Å². The lowest BCUT2D eigenvalue weighted by Gasteiger charge is -2.31. The predicted octanol–water partition coefficient (Wildman–Crippen LogP) is 2.38. The van der Waals surface area contributed by atoms with Crippen LogP contribution >= 0.6 is 0 Å². The van der Waals surface area contributed by atoms with Crippen molar-refractivity contribution in [3.63, 3.8) is 0 Å². The molecule has 38 heavy (non-hydrogen) atoms. The highest BCUT2D eigenvalue weighted by molar-refractivity contribution is 7.89. The molecule has 0 bridgehead atoms. The van der Waals surface area contributed by atoms with E-state index in [-0.39, 0.29) is 48.5 Å². The Morgan fingerprint density at radius 2 is 2.00 bits per heavy atom. The zero-order valence-corrected chi connectivity index (χ0v) is 22.3. The molecule has 2 aromatic carbocycles. The first-order chi connectivity index (χ1) is 20.0. The van der Waals surface area contributed by atoms with E-state index in [9.17, 15) is 13.2 Å². The summed E-state index contributed by atoms with van der Waals surface area (Å²) in [5.74, 6) is -0.232. The number of amides is 1. The Kier molecular flexibility index (Phi) is 7.60. The molecule has 11 heteroatoms. The number of aliphatic hydroxyl groups excluding tert-OH is 1. The van der Waals surface area contributed by atoms with Crippen LogP contribution in [0.5, 0.6) is 0 Å². The van der Waals surface area contributed by atoms with Gasteiger partial charge in [-0.3, -0.25) is 0 Å². The molecule has 2 saturated heterocycles. The third kappa shape index (κ3) is 7.03. The van der Waals surface area contributed by atoms with E-state index in [1.807, 2.05) is 32.0 Å². The molecule has 2 aliphatic heterocycles. The van der Waals surface area contributed by atoms with Gasteiger partial charge in [0.25, 0.3) is 0 Å². The molecule has 10 nitrogen and oxygen atoms in total. The highest BCUT2D eigenvalue weighted by Crippen LogP contribution is 2.33. The molecule has 208 valence electrons. The lowest BCUT2D eigenvalue weighted by molar-refractivity contribution is -0.0907. The second kappa shape index (κ2) is 12.4. The maximum atomic E-state index is 13.7. The first-order valence-electron chi connectivity index (χ1n) is 14.5. The van der Waals surface area contributed by atoms with Gasteiger partial charge in [-0.2, -0.15) is 4.31 Å². The lowest BCUT2D eigenvalue weighted by Crippen LogP contribution is -2.51. The molecule has 2 aromatic rings. The van der Waals surface area contributed by atoms with Crippen LogP contribution in [0, 0.1) is 11.8 Å². The van der Waals surface area contributed by atoms with Crippen LogP contribution in [0.4, 0.5) is 10.5 Å². The molecule has 0 spiro atoms. The van der Waals surface area contributed by atoms with Crippen molar-refractivity contribution in [3.05, 3.63) is 60.2 Å². The van der Waals surface area contributed by atoms with Crippen molar-refractivity contribution >= 4 is 21.8 Å². The minimum Gasteiger partial charge on any atom is -0.443 e. The van der Waals surface area contributed by atoms with Gasteiger partial charge in [0.05, 0.1) is 36.2 Å². The fourth-order valence-corrected chi connectivity index (χ4v) is 6.34. The molecule has 4 N–H and O–H groups in total. The van der Waals surface area contributed by atoms with Gasteiger partial charge in [0, 0.05) is 18.8 Å². The standard InChI is InChI=1S/C27H37N3O7S/c1-18(2)15-30(38(33,34)21-10-8-20(28)9-11-21)16-24(31)23(14-19-6-4-3-5-7-19)29-27(32)37-25-17-36-26-22(25)12-13-35-26/h3-11,18,22-26,31H,12-17,28H2,1-2H3,(H,29,32)/t22?,23-,24-,25+,26?/m1/s1/i31D/hD3. The summed E-state index contributed by atoms with van der Waals surface area (Å²) in [5.41, 5.74) is 1.32. The average molecular weight is 552 g/mol. The maximum Gasteiger partial charge on any atom is 0.407 e. The Morgan fingerprint density at radius 1 is 1.24 bits per heavy atom. The molecule has 1 amide bonds. The first kappa shape index (κ1) is 23.2. The van der Waals surface area contributed by atoms with Gasteiger partial charge in [-0.15, -0.1) is 0 Å². The topological polar surface area (TPSA) is 140 Å². The maximum absolute atomic E-state index is 13.7. The highest BCUT2D eigenvalue weighted by atomic mass is 32.2. The largest absolute Gasteiger partial charge is 0.443 e. The van der Waals surface area contributed by atoms with E-state index < -0.39 is 40.7 Å². The Labute approximate surface area is 230 Å². The number of benzene rings is 2. The van der Waals surface area contributed by atoms with Crippen LogP contribution in [0.25, 0.3) is 0 Å². The van der Waals surface area contributed by atoms with Crippen molar-refractivity contribution in [3.8, 4) is 0 Å². The van der Waals surface area contributed by atoms with E-state index in [2.05, 4.69) is 0 Å². The number of fused-ring (bicyclic) bond motifs is 1. The number of nitrogens with two attached hydrogens (primary N) is 1. The zero-order valence-electron chi connectivity index (χ0n) is 25.5. The molecule has 2 heterocycles. The van der Waals surface area contributed by atoms with Crippen molar-refractivity contribution in [2.75, 3.05) is 32.0 Å². The summed E-state index contributed by atoms with van der Waals surface area (Å²) in [5, 5.41) is 5.69. The number of nitrogen functional groups attached to an aromatic ring is 1. The molecule has 2 unspecified atom stereocenters. The van der Waals surface area contributed by atoms with Gasteiger partial charge in [0.2, 0.25) is 11.5 Å². The molecule has 0 aromatic heterocycles. The van der Waals surface area contributed by atoms with Crippen LogP contribution < -0.4 is 11.0 Å². The number of hydrogen-bond acceptors (Lipinski definition) is 8. The number of carbonyl (C=O) groups is 1. The SMILES string of the molecule is [2H]O[C@H](CN(CC(C)C)S(=O)(=O)c1ccc(N([2H])[2H])cc1)[C@@H](Cc1ccccc1)N([2H])C(=O)O[C@H]1COC2OCCC21. The number of carbonyl (C=O) groups excluding carboxylic acids is 1. The molecule has 0 aliphatic carbocycles. The normalized spacial score (nSPS) is 24.2. The van der Waals surface area contributed by atoms with Crippen molar-refractivity contribution in [1.82, 2.24) is 9.62 Å². The van der Waals surface area contributed by atoms with Gasteiger partial charge in [-0.25, -0.2) is 13.2 Å². The van der Waals surface area contributed by atoms with Gasteiger partial charge in [0.15, 0.2) is 10.5 Å². The minimum atomic E-state index is -4.12. The number of hydrogen-bond donors (Lipinski definition) is 3. The Morgan fingerprint density at radius 3 is 2.68 bits per heavy atom. The second-order valence-electron chi connectivity index (χ2n) is 10.1. The third-order valence-electron chi connectivity index (χ3n) is 6.65. The molecule has 2 aliphatic rings. The number of aliphatic hydroxyl groups is 1. The zero-order chi connectivity index (χ0) is 30.4. The Hall–Kier alpha value is -2.70. The predicted molar refractivity (Wildman–Crippen MR) is 142 cm³/mol. The van der Waals surface area contributed by atoms with Gasteiger partial charge in [-0.05, 0) is 48.6 Å². The van der Waals surface area contributed by atoms with E-state index >= 15 is 0 Å². The number of rotatable bonds is 13. The summed E-state index contributed by atoms with van der Waals surface area (Å²) >= 11 is 0. The smallest absolute Gasteiger partial charge is 0.407 e. The summed E-state index contributed by atoms with van der Waals surface area (Å²) in [4.78, 5) is 13.2. The second-order valence-corrected chi connectivity index (χ2v) is 12.0. The third-order valence-corrected chi connectivity index (χ3v) is 8.50. The van der Waals surface area contributed by atoms with Crippen LogP contribution in [-0.4, -0.2) is 76.2 Å². The molecular weight excluding hydrogens is 510 g/mol. The van der Waals surface area contributed by atoms with Gasteiger partial charge in [-0.1, -0.05) is 44.2 Å². The Bertz CT molecular complexity index is 1270. The van der Waals surface area contributed by atoms with Crippen LogP contribution in [-0.2, 0) is 30.7 Å². The van der Waals surface area contributed by atoms with Gasteiger partial charge >= 0.3 is 6.09 Å². The fraction of sp³-hybridized carbons (Fsp3) is 0.519. The number of nitrogens with zero attached hydrogens (tertiary/aromatic N) is 1. The van der Waals surface area contributed by atoms with Crippen molar-refractivity contribution in [2.24, 2.45) is 11.8 Å². The number of anilines is 1. The number of ether oxygens (including phenoxy) is 3. The summed E-state index contributed by atoms with van der Waals surface area (Å²) in [6, 6.07) is 13.3. The van der Waals surface area contributed by atoms with E-state index in [1.54, 1.807) is 12.1 Å². The average Bonchev–Trinajstić information content (AvgIpc) is 3.59. The number of alkyl carbamates (subject to hydrolysis) is 1. The minimum absolute atomic E-state index is 0.0613. The molecule has 0 radical (unpaired) electrons. The van der Waals surface area contributed by atoms with E-state index in [1.165, 1.54) is 28.6 Å². The molecule has 4 rings (SSSR count). The number of sulfonamides is 1.